The lowest BCUT2D eigenvalue weighted by atomic mass is 10.0. The maximum atomic E-state index is 14.2. The third-order valence-electron chi connectivity index (χ3n) is 6.65. The number of hydrogen-bond acceptors (Lipinski definition) is 5. The van der Waals surface area contributed by atoms with Gasteiger partial charge in [0.15, 0.2) is 0 Å². The number of methoxy groups -OCH3 is 1. The Labute approximate surface area is 248 Å². The average molecular weight is 600 g/mol. The summed E-state index contributed by atoms with van der Waals surface area (Å²) in [5.41, 5.74) is 2.80. The van der Waals surface area contributed by atoms with Gasteiger partial charge >= 0.3 is 0 Å². The summed E-state index contributed by atoms with van der Waals surface area (Å²) in [6.07, 6.45) is 1.27. The molecule has 3 aromatic rings. The van der Waals surface area contributed by atoms with Crippen molar-refractivity contribution in [3.8, 4) is 5.75 Å². The molecule has 0 aliphatic rings. The molecule has 0 aliphatic carbocycles. The van der Waals surface area contributed by atoms with Crippen LogP contribution in [0.25, 0.3) is 0 Å². The molecule has 3 rings (SSSR count). The van der Waals surface area contributed by atoms with E-state index in [9.17, 15) is 18.0 Å². The van der Waals surface area contributed by atoms with Gasteiger partial charge in [0.2, 0.25) is 21.8 Å². The highest BCUT2D eigenvalue weighted by Gasteiger charge is 2.34. The molecule has 1 N–H and O–H groups in total. The van der Waals surface area contributed by atoms with Crippen molar-refractivity contribution in [1.82, 2.24) is 10.2 Å². The third-order valence-corrected chi connectivity index (χ3v) is 8.01. The van der Waals surface area contributed by atoms with Crippen molar-refractivity contribution >= 4 is 39.1 Å². The predicted molar refractivity (Wildman–Crippen MR) is 164 cm³/mol. The largest absolute Gasteiger partial charge is 0.495 e. The van der Waals surface area contributed by atoms with E-state index in [2.05, 4.69) is 5.32 Å². The minimum absolute atomic E-state index is 0.113. The van der Waals surface area contributed by atoms with Crippen LogP contribution in [0.3, 0.4) is 0 Å². The van der Waals surface area contributed by atoms with Gasteiger partial charge in [0.05, 0.1) is 19.1 Å². The fourth-order valence-electron chi connectivity index (χ4n) is 4.40. The molecule has 3 aromatic carbocycles. The fraction of sp³-hybridized carbons (Fsp3) is 0.355. The van der Waals surface area contributed by atoms with Gasteiger partial charge < -0.3 is 15.0 Å². The van der Waals surface area contributed by atoms with Crippen molar-refractivity contribution in [3.05, 3.63) is 94.5 Å². The Hall–Kier alpha value is -3.56. The number of nitrogens with zero attached hydrogens (tertiary/aromatic N) is 2. The van der Waals surface area contributed by atoms with Crippen LogP contribution >= 0.6 is 11.6 Å². The first kappa shape index (κ1) is 32.0. The summed E-state index contributed by atoms with van der Waals surface area (Å²) < 4.78 is 32.4. The Morgan fingerprint density at radius 2 is 1.66 bits per heavy atom. The van der Waals surface area contributed by atoms with E-state index >= 15 is 0 Å². The minimum atomic E-state index is -3.96. The highest BCUT2D eigenvalue weighted by atomic mass is 35.5. The lowest BCUT2D eigenvalue weighted by Crippen LogP contribution is -2.53. The molecule has 220 valence electrons. The average Bonchev–Trinajstić information content (AvgIpc) is 2.93. The van der Waals surface area contributed by atoms with E-state index in [1.54, 1.807) is 12.1 Å². The number of ether oxygens (including phenoxy) is 1. The Kier molecular flexibility index (Phi) is 11.2. The predicted octanol–water partition coefficient (Wildman–Crippen LogP) is 4.84. The number of amides is 2. The maximum absolute atomic E-state index is 14.2. The molecule has 0 fully saturated rings. The second-order valence-corrected chi connectivity index (χ2v) is 12.7. The zero-order valence-corrected chi connectivity index (χ0v) is 25.7. The Balaban J connectivity index is 2.10. The van der Waals surface area contributed by atoms with Gasteiger partial charge in [0.1, 0.15) is 18.3 Å². The van der Waals surface area contributed by atoms with Crippen LogP contribution in [0.2, 0.25) is 5.02 Å². The monoisotopic (exact) mass is 599 g/mol. The number of anilines is 1. The first-order valence-electron chi connectivity index (χ1n) is 13.4. The summed E-state index contributed by atoms with van der Waals surface area (Å²) >= 11 is 6.21. The lowest BCUT2D eigenvalue weighted by molar-refractivity contribution is -0.140. The van der Waals surface area contributed by atoms with Crippen LogP contribution in [0, 0.1) is 12.8 Å². The minimum Gasteiger partial charge on any atom is -0.495 e. The number of carbonyl (C=O) groups is 2. The van der Waals surface area contributed by atoms with Crippen LogP contribution in [-0.2, 0) is 32.6 Å². The lowest BCUT2D eigenvalue weighted by Gasteiger charge is -2.34. The van der Waals surface area contributed by atoms with Crippen LogP contribution in [0.1, 0.15) is 30.5 Å². The molecule has 0 heterocycles. The topological polar surface area (TPSA) is 96.0 Å². The van der Waals surface area contributed by atoms with E-state index in [0.717, 1.165) is 27.3 Å². The Morgan fingerprint density at radius 1 is 1.00 bits per heavy atom. The molecule has 0 saturated carbocycles. The van der Waals surface area contributed by atoms with Crippen LogP contribution in [0.15, 0.2) is 72.8 Å². The molecular formula is C31H38ClN3O5S. The van der Waals surface area contributed by atoms with Crippen LogP contribution in [0.5, 0.6) is 5.75 Å². The summed E-state index contributed by atoms with van der Waals surface area (Å²) in [5, 5.41) is 3.26. The van der Waals surface area contributed by atoms with E-state index in [0.29, 0.717) is 6.54 Å². The number of carbonyl (C=O) groups excluding carboxylic acids is 2. The molecule has 1 atom stereocenters. The number of halogens is 1. The SMILES string of the molecule is COc1ccc(Cl)cc1N(CC(=O)N(Cc1ccccc1C)C(Cc1ccccc1)C(=O)NCC(C)C)S(C)(=O)=O. The van der Waals surface area contributed by atoms with Crippen molar-refractivity contribution in [2.75, 3.05) is 30.8 Å². The second-order valence-electron chi connectivity index (χ2n) is 10.4. The van der Waals surface area contributed by atoms with Gasteiger partial charge in [-0.2, -0.15) is 0 Å². The summed E-state index contributed by atoms with van der Waals surface area (Å²) in [5.74, 6) is -0.404. The third kappa shape index (κ3) is 8.96. The first-order chi connectivity index (χ1) is 19.4. The quantitative estimate of drug-likeness (QED) is 0.303. The van der Waals surface area contributed by atoms with Gasteiger partial charge in [-0.05, 0) is 47.7 Å². The standard InChI is InChI=1S/C31H38ClN3O5S/c1-22(2)19-33-31(37)28(17-24-12-7-6-8-13-24)34(20-25-14-10-9-11-23(25)3)30(36)21-35(41(5,38)39)27-18-26(32)15-16-29(27)40-4/h6-16,18,22,28H,17,19-21H2,1-5H3,(H,33,37). The van der Waals surface area contributed by atoms with Gasteiger partial charge in [0, 0.05) is 24.5 Å². The summed E-state index contributed by atoms with van der Waals surface area (Å²) in [7, 11) is -2.55. The molecule has 0 spiro atoms. The molecule has 0 aliphatic heterocycles. The number of aryl methyl sites for hydroxylation is 1. The molecule has 41 heavy (non-hydrogen) atoms. The van der Waals surface area contributed by atoms with E-state index in [1.807, 2.05) is 75.4 Å². The van der Waals surface area contributed by atoms with Crippen molar-refractivity contribution in [2.45, 2.75) is 39.8 Å². The second kappa shape index (κ2) is 14.4. The molecule has 0 radical (unpaired) electrons. The number of sulfonamides is 1. The van der Waals surface area contributed by atoms with Gasteiger partial charge in [-0.3, -0.25) is 13.9 Å². The summed E-state index contributed by atoms with van der Waals surface area (Å²) in [4.78, 5) is 29.4. The molecule has 8 nitrogen and oxygen atoms in total. The highest BCUT2D eigenvalue weighted by molar-refractivity contribution is 7.92. The molecule has 0 saturated heterocycles. The van der Waals surface area contributed by atoms with Crippen LogP contribution < -0.4 is 14.4 Å². The van der Waals surface area contributed by atoms with Crippen molar-refractivity contribution in [1.29, 1.82) is 0 Å². The van der Waals surface area contributed by atoms with E-state index < -0.39 is 28.5 Å². The smallest absolute Gasteiger partial charge is 0.244 e. The zero-order valence-electron chi connectivity index (χ0n) is 24.1. The van der Waals surface area contributed by atoms with Crippen molar-refractivity contribution in [3.63, 3.8) is 0 Å². The number of rotatable bonds is 13. The number of benzene rings is 3. The van der Waals surface area contributed by atoms with E-state index in [1.165, 1.54) is 18.1 Å². The fourth-order valence-corrected chi connectivity index (χ4v) is 5.41. The maximum Gasteiger partial charge on any atom is 0.244 e. The molecular weight excluding hydrogens is 562 g/mol. The molecule has 0 bridgehead atoms. The van der Waals surface area contributed by atoms with E-state index in [4.69, 9.17) is 16.3 Å². The van der Waals surface area contributed by atoms with Gasteiger partial charge in [-0.25, -0.2) is 8.42 Å². The summed E-state index contributed by atoms with van der Waals surface area (Å²) in [6.45, 7) is 5.91. The van der Waals surface area contributed by atoms with Gasteiger partial charge in [-0.1, -0.05) is 80.0 Å². The van der Waals surface area contributed by atoms with Crippen LogP contribution in [0.4, 0.5) is 5.69 Å². The Morgan fingerprint density at radius 3 is 2.27 bits per heavy atom. The van der Waals surface area contributed by atoms with E-state index in [-0.39, 0.29) is 41.3 Å². The van der Waals surface area contributed by atoms with Gasteiger partial charge in [-0.15, -0.1) is 0 Å². The number of hydrogen-bond donors (Lipinski definition) is 1. The molecule has 1 unspecified atom stereocenters. The number of nitrogens with one attached hydrogen (secondary N) is 1. The van der Waals surface area contributed by atoms with Crippen LogP contribution in [-0.4, -0.2) is 57.6 Å². The Bertz CT molecular complexity index is 1450. The summed E-state index contributed by atoms with van der Waals surface area (Å²) in [6, 6.07) is 20.7. The van der Waals surface area contributed by atoms with Crippen molar-refractivity contribution in [2.24, 2.45) is 5.92 Å². The molecule has 2 amide bonds. The highest BCUT2D eigenvalue weighted by Crippen LogP contribution is 2.33. The molecule has 10 heteroatoms. The van der Waals surface area contributed by atoms with Crippen molar-refractivity contribution < 1.29 is 22.7 Å². The zero-order chi connectivity index (χ0) is 30.2. The van der Waals surface area contributed by atoms with Gasteiger partial charge in [0.25, 0.3) is 0 Å². The first-order valence-corrected chi connectivity index (χ1v) is 15.6. The molecule has 0 aromatic heterocycles. The normalized spacial score (nSPS) is 12.1.